The van der Waals surface area contributed by atoms with Gasteiger partial charge in [0.05, 0.1) is 18.3 Å². The Bertz CT molecular complexity index is 587. The fraction of sp³-hybridized carbons (Fsp3) is 0.353. The number of benzene rings is 1. The summed E-state index contributed by atoms with van der Waals surface area (Å²) in [5, 5.41) is 3.52. The van der Waals surface area contributed by atoms with Crippen LogP contribution in [0, 0.1) is 3.57 Å². The van der Waals surface area contributed by atoms with E-state index in [-0.39, 0.29) is 12.1 Å². The Labute approximate surface area is 140 Å². The second-order valence-electron chi connectivity index (χ2n) is 5.17. The monoisotopic (exact) mass is 396 g/mol. The van der Waals surface area contributed by atoms with Crippen molar-refractivity contribution >= 4 is 22.6 Å². The SMILES string of the molecule is CCNC(c1cccc(I)c1)c1cncc(OC(C)C)c1. The van der Waals surface area contributed by atoms with Crippen LogP contribution in [-0.2, 0) is 0 Å². The quantitative estimate of drug-likeness (QED) is 0.745. The van der Waals surface area contributed by atoms with E-state index in [2.05, 4.69) is 70.1 Å². The average Bonchev–Trinajstić information content (AvgIpc) is 2.44. The number of hydrogen-bond acceptors (Lipinski definition) is 3. The lowest BCUT2D eigenvalue weighted by Gasteiger charge is -2.20. The van der Waals surface area contributed by atoms with Crippen molar-refractivity contribution in [1.29, 1.82) is 0 Å². The summed E-state index contributed by atoms with van der Waals surface area (Å²) >= 11 is 2.34. The molecule has 0 saturated carbocycles. The molecule has 2 rings (SSSR count). The molecule has 0 aliphatic carbocycles. The zero-order valence-electron chi connectivity index (χ0n) is 12.6. The number of halogens is 1. The summed E-state index contributed by atoms with van der Waals surface area (Å²) in [7, 11) is 0. The van der Waals surface area contributed by atoms with Crippen LogP contribution in [0.1, 0.15) is 37.9 Å². The van der Waals surface area contributed by atoms with Gasteiger partial charge < -0.3 is 10.1 Å². The Kier molecular flexibility index (Phi) is 5.99. The van der Waals surface area contributed by atoms with Gasteiger partial charge in [0, 0.05) is 9.77 Å². The summed E-state index contributed by atoms with van der Waals surface area (Å²) in [6.45, 7) is 7.05. The highest BCUT2D eigenvalue weighted by molar-refractivity contribution is 14.1. The van der Waals surface area contributed by atoms with E-state index in [1.165, 1.54) is 9.13 Å². The molecule has 1 N–H and O–H groups in total. The summed E-state index contributed by atoms with van der Waals surface area (Å²) in [6, 6.07) is 10.7. The van der Waals surface area contributed by atoms with Crippen LogP contribution in [-0.4, -0.2) is 17.6 Å². The number of nitrogens with one attached hydrogen (secondary N) is 1. The van der Waals surface area contributed by atoms with Gasteiger partial charge in [0.25, 0.3) is 0 Å². The van der Waals surface area contributed by atoms with Crippen molar-refractivity contribution in [2.45, 2.75) is 32.9 Å². The Morgan fingerprint density at radius 1 is 1.19 bits per heavy atom. The van der Waals surface area contributed by atoms with E-state index >= 15 is 0 Å². The standard InChI is InChI=1S/C17H21IN2O/c1-4-20-17(13-6-5-7-15(18)8-13)14-9-16(11-19-10-14)21-12(2)3/h5-12,17,20H,4H2,1-3H3. The Hall–Kier alpha value is -1.14. The third kappa shape index (κ3) is 4.68. The van der Waals surface area contributed by atoms with Crippen LogP contribution in [0.2, 0.25) is 0 Å². The molecule has 112 valence electrons. The smallest absolute Gasteiger partial charge is 0.138 e. The first-order valence-corrected chi connectivity index (χ1v) is 8.28. The lowest BCUT2D eigenvalue weighted by Crippen LogP contribution is -2.22. The molecule has 1 aromatic carbocycles. The average molecular weight is 396 g/mol. The van der Waals surface area contributed by atoms with Crippen LogP contribution in [0.25, 0.3) is 0 Å². The van der Waals surface area contributed by atoms with Gasteiger partial charge in [0.1, 0.15) is 5.75 Å². The maximum absolute atomic E-state index is 5.75. The predicted molar refractivity (Wildman–Crippen MR) is 94.7 cm³/mol. The molecule has 0 bridgehead atoms. The van der Waals surface area contributed by atoms with Gasteiger partial charge in [-0.1, -0.05) is 19.1 Å². The zero-order valence-corrected chi connectivity index (χ0v) is 14.8. The van der Waals surface area contributed by atoms with Gasteiger partial charge in [-0.05, 0) is 72.3 Å². The topological polar surface area (TPSA) is 34.2 Å². The normalized spacial score (nSPS) is 12.4. The summed E-state index contributed by atoms with van der Waals surface area (Å²) in [6.07, 6.45) is 3.82. The highest BCUT2D eigenvalue weighted by atomic mass is 127. The molecular weight excluding hydrogens is 375 g/mol. The number of nitrogens with zero attached hydrogens (tertiary/aromatic N) is 1. The molecule has 21 heavy (non-hydrogen) atoms. The first-order chi connectivity index (χ1) is 10.1. The van der Waals surface area contributed by atoms with E-state index in [1.807, 2.05) is 20.0 Å². The Morgan fingerprint density at radius 2 is 2.00 bits per heavy atom. The number of pyridine rings is 1. The van der Waals surface area contributed by atoms with Gasteiger partial charge in [0.15, 0.2) is 0 Å². The second kappa shape index (κ2) is 7.75. The van der Waals surface area contributed by atoms with Gasteiger partial charge in [-0.3, -0.25) is 4.98 Å². The van der Waals surface area contributed by atoms with E-state index in [0.717, 1.165) is 17.9 Å². The Morgan fingerprint density at radius 3 is 2.67 bits per heavy atom. The van der Waals surface area contributed by atoms with Crippen molar-refractivity contribution in [3.63, 3.8) is 0 Å². The minimum Gasteiger partial charge on any atom is -0.489 e. The van der Waals surface area contributed by atoms with Gasteiger partial charge in [-0.15, -0.1) is 0 Å². The Balaban J connectivity index is 2.34. The van der Waals surface area contributed by atoms with Gasteiger partial charge in [-0.25, -0.2) is 0 Å². The van der Waals surface area contributed by atoms with E-state index < -0.39 is 0 Å². The maximum atomic E-state index is 5.75. The van der Waals surface area contributed by atoms with Crippen LogP contribution in [0.3, 0.4) is 0 Å². The van der Waals surface area contributed by atoms with Crippen molar-refractivity contribution in [2.24, 2.45) is 0 Å². The number of ether oxygens (including phenoxy) is 1. The van der Waals surface area contributed by atoms with E-state index in [9.17, 15) is 0 Å². The molecule has 0 saturated heterocycles. The number of aromatic nitrogens is 1. The third-order valence-corrected chi connectivity index (χ3v) is 3.70. The molecule has 1 atom stereocenters. The highest BCUT2D eigenvalue weighted by Crippen LogP contribution is 2.25. The van der Waals surface area contributed by atoms with Crippen LogP contribution in [0.5, 0.6) is 5.75 Å². The maximum Gasteiger partial charge on any atom is 0.138 e. The fourth-order valence-electron chi connectivity index (χ4n) is 2.25. The van der Waals surface area contributed by atoms with Crippen molar-refractivity contribution in [3.8, 4) is 5.75 Å². The number of hydrogen-bond donors (Lipinski definition) is 1. The molecular formula is C17H21IN2O. The van der Waals surface area contributed by atoms with Crippen molar-refractivity contribution < 1.29 is 4.74 Å². The molecule has 1 unspecified atom stereocenters. The molecule has 0 fully saturated rings. The molecule has 0 amide bonds. The molecule has 2 aromatic rings. The molecule has 1 heterocycles. The minimum atomic E-state index is 0.132. The van der Waals surface area contributed by atoms with E-state index in [4.69, 9.17) is 4.74 Å². The lowest BCUT2D eigenvalue weighted by atomic mass is 10.00. The van der Waals surface area contributed by atoms with Crippen LogP contribution in [0.4, 0.5) is 0 Å². The third-order valence-electron chi connectivity index (χ3n) is 3.03. The van der Waals surface area contributed by atoms with Gasteiger partial charge in [0.2, 0.25) is 0 Å². The molecule has 4 heteroatoms. The first kappa shape index (κ1) is 16.2. The highest BCUT2D eigenvalue weighted by Gasteiger charge is 2.14. The molecule has 0 spiro atoms. The summed E-state index contributed by atoms with van der Waals surface area (Å²) in [4.78, 5) is 4.32. The van der Waals surface area contributed by atoms with E-state index in [1.54, 1.807) is 6.20 Å². The van der Waals surface area contributed by atoms with Crippen molar-refractivity contribution in [1.82, 2.24) is 10.3 Å². The minimum absolute atomic E-state index is 0.132. The fourth-order valence-corrected chi connectivity index (χ4v) is 2.82. The summed E-state index contributed by atoms with van der Waals surface area (Å²) < 4.78 is 6.98. The largest absolute Gasteiger partial charge is 0.489 e. The molecule has 0 aliphatic rings. The molecule has 3 nitrogen and oxygen atoms in total. The molecule has 1 aromatic heterocycles. The van der Waals surface area contributed by atoms with Crippen molar-refractivity contribution in [3.05, 3.63) is 57.4 Å². The summed E-state index contributed by atoms with van der Waals surface area (Å²) in [5.74, 6) is 0.816. The number of rotatable bonds is 6. The molecule has 0 aliphatic heterocycles. The van der Waals surface area contributed by atoms with Crippen molar-refractivity contribution in [2.75, 3.05) is 6.54 Å². The lowest BCUT2D eigenvalue weighted by molar-refractivity contribution is 0.241. The first-order valence-electron chi connectivity index (χ1n) is 7.20. The second-order valence-corrected chi connectivity index (χ2v) is 6.41. The zero-order chi connectivity index (χ0) is 15.2. The van der Waals surface area contributed by atoms with Gasteiger partial charge in [-0.2, -0.15) is 0 Å². The van der Waals surface area contributed by atoms with Crippen LogP contribution < -0.4 is 10.1 Å². The van der Waals surface area contributed by atoms with Crippen LogP contribution in [0.15, 0.2) is 42.7 Å². The van der Waals surface area contributed by atoms with Crippen LogP contribution >= 0.6 is 22.6 Å². The molecule has 0 radical (unpaired) electrons. The summed E-state index contributed by atoms with van der Waals surface area (Å²) in [5.41, 5.74) is 2.37. The predicted octanol–water partition coefficient (Wildman–Crippen LogP) is 4.17. The van der Waals surface area contributed by atoms with Gasteiger partial charge >= 0.3 is 0 Å². The van der Waals surface area contributed by atoms with E-state index in [0.29, 0.717) is 0 Å².